The van der Waals surface area contributed by atoms with Crippen molar-refractivity contribution < 1.29 is 9.05 Å². The van der Waals surface area contributed by atoms with Crippen molar-refractivity contribution in [1.82, 2.24) is 0 Å². The van der Waals surface area contributed by atoms with Crippen LogP contribution in [0.3, 0.4) is 0 Å². The van der Waals surface area contributed by atoms with Crippen molar-refractivity contribution in [2.24, 2.45) is 5.92 Å². The highest BCUT2D eigenvalue weighted by molar-refractivity contribution is 7.46. The number of hydrogen-bond donors (Lipinski definition) is 0. The lowest BCUT2D eigenvalue weighted by atomic mass is 9.89. The van der Waals surface area contributed by atoms with Gasteiger partial charge in [0.05, 0.1) is 12.7 Å². The van der Waals surface area contributed by atoms with Crippen LogP contribution in [0.2, 0.25) is 0 Å². The summed E-state index contributed by atoms with van der Waals surface area (Å²) in [4.78, 5) is 0. The fraction of sp³-hybridized carbons (Fsp3) is 1.00. The fourth-order valence-corrected chi connectivity index (χ4v) is 2.81. The lowest BCUT2D eigenvalue weighted by Crippen LogP contribution is -2.18. The Bertz CT molecular complexity index is 133. The Morgan fingerprint density at radius 1 is 1.23 bits per heavy atom. The molecule has 0 aromatic carbocycles. The average Bonchev–Trinajstić information content (AvgIpc) is 2.09. The molecule has 1 aliphatic carbocycles. The van der Waals surface area contributed by atoms with Gasteiger partial charge in [-0.1, -0.05) is 6.92 Å². The van der Waals surface area contributed by atoms with Crippen LogP contribution in [-0.2, 0) is 9.05 Å². The Kier molecular flexibility index (Phi) is 5.23. The Morgan fingerprint density at radius 2 is 1.85 bits per heavy atom. The standard InChI is InChI=1S/C10H21O2P/c1-4-11-13(3)12-10-7-5-9(2)6-8-10/h9-10H,4-8H2,1-3H3. The topological polar surface area (TPSA) is 18.5 Å². The predicted octanol–water partition coefficient (Wildman–Crippen LogP) is 3.56. The quantitative estimate of drug-likeness (QED) is 0.652. The molecular formula is C10H21O2P. The third-order valence-corrected chi connectivity index (χ3v) is 3.79. The average molecular weight is 204 g/mol. The molecule has 0 aromatic heterocycles. The van der Waals surface area contributed by atoms with Crippen molar-refractivity contribution in [3.8, 4) is 0 Å². The summed E-state index contributed by atoms with van der Waals surface area (Å²) in [6, 6.07) is 0. The van der Waals surface area contributed by atoms with E-state index in [9.17, 15) is 0 Å². The van der Waals surface area contributed by atoms with Gasteiger partial charge in [0.1, 0.15) is 0 Å². The maximum Gasteiger partial charge on any atom is 0.167 e. The number of hydrogen-bond acceptors (Lipinski definition) is 2. The van der Waals surface area contributed by atoms with E-state index in [2.05, 4.69) is 13.6 Å². The molecule has 1 unspecified atom stereocenters. The minimum absolute atomic E-state index is 0.471. The first-order valence-electron chi connectivity index (χ1n) is 5.25. The van der Waals surface area contributed by atoms with Gasteiger partial charge in [-0.15, -0.1) is 0 Å². The van der Waals surface area contributed by atoms with E-state index in [1.54, 1.807) is 0 Å². The van der Waals surface area contributed by atoms with Gasteiger partial charge >= 0.3 is 0 Å². The zero-order chi connectivity index (χ0) is 9.68. The lowest BCUT2D eigenvalue weighted by molar-refractivity contribution is 0.128. The first-order valence-corrected chi connectivity index (χ1v) is 6.88. The van der Waals surface area contributed by atoms with Gasteiger partial charge in [-0.25, -0.2) is 0 Å². The molecule has 78 valence electrons. The van der Waals surface area contributed by atoms with Gasteiger partial charge in [0, 0.05) is 6.66 Å². The molecule has 13 heavy (non-hydrogen) atoms. The SMILES string of the molecule is CCOP(C)OC1CCC(C)CC1. The van der Waals surface area contributed by atoms with Crippen molar-refractivity contribution in [3.05, 3.63) is 0 Å². The molecule has 0 aliphatic heterocycles. The van der Waals surface area contributed by atoms with Crippen LogP contribution >= 0.6 is 8.38 Å². The maximum atomic E-state index is 5.82. The van der Waals surface area contributed by atoms with Crippen LogP contribution in [0.5, 0.6) is 0 Å². The molecule has 0 spiro atoms. The van der Waals surface area contributed by atoms with E-state index < -0.39 is 8.38 Å². The third kappa shape index (κ3) is 4.39. The highest BCUT2D eigenvalue weighted by Crippen LogP contribution is 2.39. The van der Waals surface area contributed by atoms with E-state index in [4.69, 9.17) is 9.05 Å². The summed E-state index contributed by atoms with van der Waals surface area (Å²) >= 11 is 0. The molecule has 1 aliphatic rings. The van der Waals surface area contributed by atoms with Crippen LogP contribution in [0, 0.1) is 5.92 Å². The van der Waals surface area contributed by atoms with Crippen molar-refractivity contribution in [2.75, 3.05) is 13.3 Å². The summed E-state index contributed by atoms with van der Waals surface area (Å²) in [6.45, 7) is 7.17. The molecular weight excluding hydrogens is 183 g/mol. The van der Waals surface area contributed by atoms with E-state index in [1.165, 1.54) is 25.7 Å². The van der Waals surface area contributed by atoms with Crippen LogP contribution < -0.4 is 0 Å². The Balaban J connectivity index is 2.14. The zero-order valence-electron chi connectivity index (χ0n) is 8.95. The molecule has 3 heteroatoms. The number of rotatable bonds is 4. The predicted molar refractivity (Wildman–Crippen MR) is 57.0 cm³/mol. The van der Waals surface area contributed by atoms with Gasteiger partial charge < -0.3 is 9.05 Å². The van der Waals surface area contributed by atoms with E-state index in [1.807, 2.05) is 6.92 Å². The normalized spacial score (nSPS) is 31.6. The molecule has 1 atom stereocenters. The van der Waals surface area contributed by atoms with Crippen LogP contribution in [0.15, 0.2) is 0 Å². The van der Waals surface area contributed by atoms with Gasteiger partial charge in [-0.3, -0.25) is 0 Å². The van der Waals surface area contributed by atoms with Crippen molar-refractivity contribution in [3.63, 3.8) is 0 Å². The second kappa shape index (κ2) is 5.95. The second-order valence-corrected chi connectivity index (χ2v) is 5.19. The summed E-state index contributed by atoms with van der Waals surface area (Å²) in [5, 5.41) is 0. The Hall–Kier alpha value is 0.350. The van der Waals surface area contributed by atoms with Gasteiger partial charge in [0.25, 0.3) is 0 Å². The fourth-order valence-electron chi connectivity index (χ4n) is 1.76. The van der Waals surface area contributed by atoms with E-state index in [-0.39, 0.29) is 0 Å². The van der Waals surface area contributed by atoms with Gasteiger partial charge in [-0.05, 0) is 38.5 Å². The van der Waals surface area contributed by atoms with Gasteiger partial charge in [-0.2, -0.15) is 0 Å². The largest absolute Gasteiger partial charge is 0.335 e. The van der Waals surface area contributed by atoms with Crippen molar-refractivity contribution in [2.45, 2.75) is 45.6 Å². The molecule has 0 aromatic rings. The molecule has 0 N–H and O–H groups in total. The minimum Gasteiger partial charge on any atom is -0.335 e. The third-order valence-electron chi connectivity index (χ3n) is 2.57. The summed E-state index contributed by atoms with van der Waals surface area (Å²) in [5.41, 5.74) is 0. The molecule has 0 bridgehead atoms. The first-order chi connectivity index (χ1) is 6.22. The lowest BCUT2D eigenvalue weighted by Gasteiger charge is -2.27. The van der Waals surface area contributed by atoms with E-state index >= 15 is 0 Å². The zero-order valence-corrected chi connectivity index (χ0v) is 9.85. The highest BCUT2D eigenvalue weighted by Gasteiger charge is 2.20. The van der Waals surface area contributed by atoms with E-state index in [0.717, 1.165) is 12.5 Å². The molecule has 2 nitrogen and oxygen atoms in total. The van der Waals surface area contributed by atoms with Crippen molar-refractivity contribution in [1.29, 1.82) is 0 Å². The molecule has 0 radical (unpaired) electrons. The molecule has 0 amide bonds. The minimum atomic E-state index is -0.618. The van der Waals surface area contributed by atoms with Crippen LogP contribution in [0.25, 0.3) is 0 Å². The van der Waals surface area contributed by atoms with Crippen molar-refractivity contribution >= 4 is 8.38 Å². The van der Waals surface area contributed by atoms with Gasteiger partial charge in [0.15, 0.2) is 8.38 Å². The second-order valence-electron chi connectivity index (χ2n) is 3.84. The smallest absolute Gasteiger partial charge is 0.167 e. The first kappa shape index (κ1) is 11.4. The molecule has 1 rings (SSSR count). The van der Waals surface area contributed by atoms with Crippen LogP contribution in [0.1, 0.15) is 39.5 Å². The maximum absolute atomic E-state index is 5.82. The summed E-state index contributed by atoms with van der Waals surface area (Å²) < 4.78 is 11.2. The summed E-state index contributed by atoms with van der Waals surface area (Å²) in [7, 11) is -0.618. The Labute approximate surface area is 82.9 Å². The van der Waals surface area contributed by atoms with Crippen LogP contribution in [-0.4, -0.2) is 19.4 Å². The van der Waals surface area contributed by atoms with Gasteiger partial charge in [0.2, 0.25) is 0 Å². The monoisotopic (exact) mass is 204 g/mol. The Morgan fingerprint density at radius 3 is 2.38 bits per heavy atom. The van der Waals surface area contributed by atoms with E-state index in [0.29, 0.717) is 6.10 Å². The molecule has 1 fully saturated rings. The summed E-state index contributed by atoms with van der Waals surface area (Å²) in [6.07, 6.45) is 5.56. The summed E-state index contributed by atoms with van der Waals surface area (Å²) in [5.74, 6) is 0.898. The van der Waals surface area contributed by atoms with Crippen LogP contribution in [0.4, 0.5) is 0 Å². The highest BCUT2D eigenvalue weighted by atomic mass is 31.2. The molecule has 1 saturated carbocycles. The molecule has 0 saturated heterocycles. The molecule has 0 heterocycles.